The number of hydrogen-bond acceptors (Lipinski definition) is 1. The summed E-state index contributed by atoms with van der Waals surface area (Å²) in [5, 5.41) is 1.07. The van der Waals surface area contributed by atoms with E-state index in [4.69, 9.17) is 28.2 Å². The van der Waals surface area contributed by atoms with Crippen molar-refractivity contribution in [2.24, 2.45) is 0 Å². The molecular weight excluding hydrogens is 358 g/mol. The van der Waals surface area contributed by atoms with E-state index in [1.165, 1.54) is 6.07 Å². The van der Waals surface area contributed by atoms with Crippen LogP contribution in [0.2, 0.25) is 10.0 Å². The molecule has 0 aliphatic carbocycles. The third-order valence-electron chi connectivity index (χ3n) is 4.11. The number of hydrogen-bond donors (Lipinski definition) is 0. The standard InChI is InChI=1S/C20H13Cl2FN2/c21-14-9-10-15(16(22)11-14)20-24-18-7-3-4-8-19(18)25(20)12-13-5-1-2-6-17(13)23/h1-11H,12H2. The number of imidazole rings is 1. The van der Waals surface area contributed by atoms with Gasteiger partial charge in [0.1, 0.15) is 11.6 Å². The van der Waals surface area contributed by atoms with E-state index in [-0.39, 0.29) is 5.82 Å². The van der Waals surface area contributed by atoms with Gasteiger partial charge in [-0.15, -0.1) is 0 Å². The fourth-order valence-corrected chi connectivity index (χ4v) is 3.40. The lowest BCUT2D eigenvalue weighted by molar-refractivity contribution is 0.602. The van der Waals surface area contributed by atoms with Crippen LogP contribution < -0.4 is 0 Å². The first-order valence-electron chi connectivity index (χ1n) is 7.77. The van der Waals surface area contributed by atoms with E-state index in [2.05, 4.69) is 0 Å². The topological polar surface area (TPSA) is 17.8 Å². The summed E-state index contributed by atoms with van der Waals surface area (Å²) in [6.07, 6.45) is 0. The van der Waals surface area contributed by atoms with Gasteiger partial charge < -0.3 is 4.57 Å². The van der Waals surface area contributed by atoms with E-state index in [9.17, 15) is 4.39 Å². The van der Waals surface area contributed by atoms with Gasteiger partial charge in [0.2, 0.25) is 0 Å². The molecule has 0 aliphatic heterocycles. The molecule has 0 spiro atoms. The van der Waals surface area contributed by atoms with Crippen molar-refractivity contribution >= 4 is 34.2 Å². The average molecular weight is 371 g/mol. The molecule has 0 aliphatic rings. The Labute approximate surface area is 154 Å². The molecule has 0 amide bonds. The molecule has 0 saturated carbocycles. The monoisotopic (exact) mass is 370 g/mol. The lowest BCUT2D eigenvalue weighted by Gasteiger charge is -2.11. The Balaban J connectivity index is 1.94. The second-order valence-corrected chi connectivity index (χ2v) is 6.57. The van der Waals surface area contributed by atoms with Gasteiger partial charge in [-0.2, -0.15) is 0 Å². The highest BCUT2D eigenvalue weighted by Gasteiger charge is 2.16. The smallest absolute Gasteiger partial charge is 0.142 e. The normalized spacial score (nSPS) is 11.2. The van der Waals surface area contributed by atoms with Crippen LogP contribution in [-0.4, -0.2) is 9.55 Å². The van der Waals surface area contributed by atoms with Gasteiger partial charge in [-0.1, -0.05) is 53.5 Å². The summed E-state index contributed by atoms with van der Waals surface area (Å²) in [6, 6.07) is 19.8. The van der Waals surface area contributed by atoms with Crippen molar-refractivity contribution in [3.8, 4) is 11.4 Å². The van der Waals surface area contributed by atoms with Crippen LogP contribution in [0.4, 0.5) is 4.39 Å². The molecule has 5 heteroatoms. The minimum atomic E-state index is -0.242. The van der Waals surface area contributed by atoms with Crippen LogP contribution in [0.15, 0.2) is 66.7 Å². The third kappa shape index (κ3) is 3.01. The fourth-order valence-electron chi connectivity index (χ4n) is 2.91. The van der Waals surface area contributed by atoms with Crippen LogP contribution in [0.1, 0.15) is 5.56 Å². The van der Waals surface area contributed by atoms with Gasteiger partial charge in [0.15, 0.2) is 0 Å². The molecule has 1 aromatic heterocycles. The number of halogens is 3. The largest absolute Gasteiger partial charge is 0.319 e. The van der Waals surface area contributed by atoms with E-state index >= 15 is 0 Å². The van der Waals surface area contributed by atoms with Crippen LogP contribution in [0, 0.1) is 5.82 Å². The summed E-state index contributed by atoms with van der Waals surface area (Å²) in [5.41, 5.74) is 3.11. The number of fused-ring (bicyclic) bond motifs is 1. The predicted octanol–water partition coefficient (Wildman–Crippen LogP) is 6.20. The number of rotatable bonds is 3. The van der Waals surface area contributed by atoms with Crippen molar-refractivity contribution in [1.82, 2.24) is 9.55 Å². The average Bonchev–Trinajstić information content (AvgIpc) is 2.95. The first kappa shape index (κ1) is 16.1. The van der Waals surface area contributed by atoms with Crippen LogP contribution in [-0.2, 0) is 6.54 Å². The van der Waals surface area contributed by atoms with Crippen molar-refractivity contribution < 1.29 is 4.39 Å². The number of para-hydroxylation sites is 2. The van der Waals surface area contributed by atoms with Gasteiger partial charge in [-0.25, -0.2) is 9.37 Å². The summed E-state index contributed by atoms with van der Waals surface area (Å²) in [6.45, 7) is 0.363. The van der Waals surface area contributed by atoms with Gasteiger partial charge in [0.05, 0.1) is 22.6 Å². The molecule has 25 heavy (non-hydrogen) atoms. The first-order valence-corrected chi connectivity index (χ1v) is 8.53. The van der Waals surface area contributed by atoms with Gasteiger partial charge in [0.25, 0.3) is 0 Å². The van der Waals surface area contributed by atoms with E-state index in [0.717, 1.165) is 16.6 Å². The van der Waals surface area contributed by atoms with E-state index in [1.807, 2.05) is 41.0 Å². The second kappa shape index (κ2) is 6.51. The quantitative estimate of drug-likeness (QED) is 0.419. The van der Waals surface area contributed by atoms with Crippen molar-refractivity contribution in [1.29, 1.82) is 0 Å². The fraction of sp³-hybridized carbons (Fsp3) is 0.0500. The molecule has 0 unspecified atom stereocenters. The predicted molar refractivity (Wildman–Crippen MR) is 101 cm³/mol. The van der Waals surface area contributed by atoms with Crippen molar-refractivity contribution in [2.75, 3.05) is 0 Å². The molecule has 0 atom stereocenters. The maximum absolute atomic E-state index is 14.2. The molecular formula is C20H13Cl2FN2. The minimum absolute atomic E-state index is 0.242. The highest BCUT2D eigenvalue weighted by molar-refractivity contribution is 6.36. The van der Waals surface area contributed by atoms with Crippen molar-refractivity contribution in [3.05, 3.63) is 88.2 Å². The van der Waals surface area contributed by atoms with Crippen LogP contribution >= 0.6 is 23.2 Å². The molecule has 0 saturated heterocycles. The Morgan fingerprint density at radius 3 is 2.48 bits per heavy atom. The van der Waals surface area contributed by atoms with Crippen molar-refractivity contribution in [2.45, 2.75) is 6.54 Å². The van der Waals surface area contributed by atoms with Crippen molar-refractivity contribution in [3.63, 3.8) is 0 Å². The zero-order chi connectivity index (χ0) is 17.4. The molecule has 0 bridgehead atoms. The summed E-state index contributed by atoms with van der Waals surface area (Å²) in [5.74, 6) is 0.444. The summed E-state index contributed by atoms with van der Waals surface area (Å²) >= 11 is 12.4. The van der Waals surface area contributed by atoms with Gasteiger partial charge in [0, 0.05) is 16.1 Å². The Bertz CT molecular complexity index is 1070. The van der Waals surface area contributed by atoms with Gasteiger partial charge >= 0.3 is 0 Å². The SMILES string of the molecule is Fc1ccccc1Cn1c(-c2ccc(Cl)cc2Cl)nc2ccccc21. The molecule has 3 aromatic carbocycles. The Morgan fingerprint density at radius 2 is 1.68 bits per heavy atom. The summed E-state index contributed by atoms with van der Waals surface area (Å²) in [7, 11) is 0. The molecule has 2 nitrogen and oxygen atoms in total. The molecule has 4 aromatic rings. The zero-order valence-electron chi connectivity index (χ0n) is 13.1. The first-order chi connectivity index (χ1) is 12.1. The van der Waals surface area contributed by atoms with Crippen LogP contribution in [0.25, 0.3) is 22.4 Å². The Hall–Kier alpha value is -2.36. The van der Waals surface area contributed by atoms with Crippen LogP contribution in [0.3, 0.4) is 0 Å². The maximum Gasteiger partial charge on any atom is 0.142 e. The van der Waals surface area contributed by atoms with Crippen LogP contribution in [0.5, 0.6) is 0 Å². The Kier molecular flexibility index (Phi) is 4.20. The molecule has 1 heterocycles. The number of benzene rings is 3. The van der Waals surface area contributed by atoms with Gasteiger partial charge in [-0.05, 0) is 36.4 Å². The highest BCUT2D eigenvalue weighted by Crippen LogP contribution is 2.32. The number of aromatic nitrogens is 2. The summed E-state index contributed by atoms with van der Waals surface area (Å²) in [4.78, 5) is 4.71. The highest BCUT2D eigenvalue weighted by atomic mass is 35.5. The molecule has 0 fully saturated rings. The Morgan fingerprint density at radius 1 is 0.920 bits per heavy atom. The lowest BCUT2D eigenvalue weighted by atomic mass is 10.2. The minimum Gasteiger partial charge on any atom is -0.319 e. The lowest BCUT2D eigenvalue weighted by Crippen LogP contribution is -2.04. The number of nitrogens with zero attached hydrogens (tertiary/aromatic N) is 2. The molecule has 0 radical (unpaired) electrons. The van der Waals surface area contributed by atoms with E-state index < -0.39 is 0 Å². The molecule has 4 rings (SSSR count). The van der Waals surface area contributed by atoms with E-state index in [0.29, 0.717) is 28.0 Å². The molecule has 124 valence electrons. The maximum atomic E-state index is 14.2. The zero-order valence-corrected chi connectivity index (χ0v) is 14.6. The third-order valence-corrected chi connectivity index (χ3v) is 4.66. The van der Waals surface area contributed by atoms with Gasteiger partial charge in [-0.3, -0.25) is 0 Å². The van der Waals surface area contributed by atoms with E-state index in [1.54, 1.807) is 24.3 Å². The summed E-state index contributed by atoms with van der Waals surface area (Å²) < 4.78 is 16.1. The second-order valence-electron chi connectivity index (χ2n) is 5.73. The molecule has 0 N–H and O–H groups in total.